The third-order valence-electron chi connectivity index (χ3n) is 4.16. The molecule has 0 aromatic rings. The van der Waals surface area contributed by atoms with Gasteiger partial charge in [-0.1, -0.05) is 19.8 Å². The van der Waals surface area contributed by atoms with Gasteiger partial charge in [-0.05, 0) is 38.1 Å². The summed E-state index contributed by atoms with van der Waals surface area (Å²) in [5.41, 5.74) is 0. The third-order valence-corrected chi connectivity index (χ3v) is 6.11. The van der Waals surface area contributed by atoms with Crippen LogP contribution in [0.3, 0.4) is 0 Å². The molecule has 0 aliphatic carbocycles. The molecule has 2 rings (SSSR count). The van der Waals surface area contributed by atoms with Crippen molar-refractivity contribution in [2.45, 2.75) is 51.5 Å². The van der Waals surface area contributed by atoms with E-state index in [1.807, 2.05) is 0 Å². The highest BCUT2D eigenvalue weighted by Gasteiger charge is 2.32. The Morgan fingerprint density at radius 2 is 2.11 bits per heavy atom. The Bertz CT molecular complexity index is 350. The van der Waals surface area contributed by atoms with Gasteiger partial charge in [-0.25, -0.2) is 12.7 Å². The van der Waals surface area contributed by atoms with Crippen molar-refractivity contribution in [3.63, 3.8) is 0 Å². The first-order valence-electron chi connectivity index (χ1n) is 7.33. The van der Waals surface area contributed by atoms with E-state index in [2.05, 4.69) is 12.2 Å². The molecule has 4 nitrogen and oxygen atoms in total. The van der Waals surface area contributed by atoms with Crippen LogP contribution < -0.4 is 5.32 Å². The standard InChI is InChI=1S/C13H26N2O2S/c1-2-5-12-7-9-15(10-12)18(16,17)11-13-6-3-4-8-14-13/h12-14H,2-11H2,1H3. The third kappa shape index (κ3) is 3.68. The molecule has 106 valence electrons. The van der Waals surface area contributed by atoms with Crippen LogP contribution >= 0.6 is 0 Å². The van der Waals surface area contributed by atoms with Crippen molar-refractivity contribution in [2.24, 2.45) is 5.92 Å². The van der Waals surface area contributed by atoms with Crippen molar-refractivity contribution < 1.29 is 8.42 Å². The molecule has 2 aliphatic rings. The number of hydrogen-bond acceptors (Lipinski definition) is 3. The average molecular weight is 274 g/mol. The monoisotopic (exact) mass is 274 g/mol. The van der Waals surface area contributed by atoms with Gasteiger partial charge in [0.15, 0.2) is 0 Å². The molecule has 0 bridgehead atoms. The maximum atomic E-state index is 12.3. The van der Waals surface area contributed by atoms with E-state index in [1.54, 1.807) is 4.31 Å². The zero-order valence-corrected chi connectivity index (χ0v) is 12.2. The average Bonchev–Trinajstić information content (AvgIpc) is 2.80. The molecule has 2 aliphatic heterocycles. The summed E-state index contributed by atoms with van der Waals surface area (Å²) in [7, 11) is -3.04. The van der Waals surface area contributed by atoms with Gasteiger partial charge in [0, 0.05) is 19.1 Å². The van der Waals surface area contributed by atoms with Crippen LogP contribution in [-0.4, -0.2) is 44.2 Å². The summed E-state index contributed by atoms with van der Waals surface area (Å²) in [5.74, 6) is 0.885. The Morgan fingerprint density at radius 3 is 2.78 bits per heavy atom. The Hall–Kier alpha value is -0.130. The molecule has 0 aromatic heterocycles. The van der Waals surface area contributed by atoms with E-state index in [-0.39, 0.29) is 6.04 Å². The minimum atomic E-state index is -3.04. The summed E-state index contributed by atoms with van der Waals surface area (Å²) in [4.78, 5) is 0. The second-order valence-electron chi connectivity index (χ2n) is 5.73. The van der Waals surface area contributed by atoms with Gasteiger partial charge in [0.2, 0.25) is 10.0 Å². The summed E-state index contributed by atoms with van der Waals surface area (Å²) < 4.78 is 26.4. The zero-order valence-electron chi connectivity index (χ0n) is 11.4. The van der Waals surface area contributed by atoms with Crippen LogP contribution in [0.4, 0.5) is 0 Å². The van der Waals surface area contributed by atoms with Crippen molar-refractivity contribution in [2.75, 3.05) is 25.4 Å². The van der Waals surface area contributed by atoms with E-state index in [0.717, 1.165) is 51.7 Å². The number of rotatable bonds is 5. The summed E-state index contributed by atoms with van der Waals surface area (Å²) >= 11 is 0. The van der Waals surface area contributed by atoms with E-state index < -0.39 is 10.0 Å². The smallest absolute Gasteiger partial charge is 0.215 e. The first-order valence-corrected chi connectivity index (χ1v) is 8.94. The van der Waals surface area contributed by atoms with Gasteiger partial charge in [-0.15, -0.1) is 0 Å². The lowest BCUT2D eigenvalue weighted by Crippen LogP contribution is -2.43. The minimum Gasteiger partial charge on any atom is -0.313 e. The number of nitrogens with zero attached hydrogens (tertiary/aromatic N) is 1. The summed E-state index contributed by atoms with van der Waals surface area (Å²) in [6.07, 6.45) is 6.71. The lowest BCUT2D eigenvalue weighted by Gasteiger charge is -2.25. The van der Waals surface area contributed by atoms with Gasteiger partial charge in [-0.2, -0.15) is 0 Å². The van der Waals surface area contributed by atoms with Crippen LogP contribution in [0.5, 0.6) is 0 Å². The molecule has 0 spiro atoms. The van der Waals surface area contributed by atoms with Crippen molar-refractivity contribution in [1.29, 1.82) is 0 Å². The van der Waals surface area contributed by atoms with E-state index in [9.17, 15) is 8.42 Å². The van der Waals surface area contributed by atoms with E-state index in [4.69, 9.17) is 0 Å². The molecule has 0 aromatic carbocycles. The minimum absolute atomic E-state index is 0.175. The van der Waals surface area contributed by atoms with Crippen LogP contribution in [0.15, 0.2) is 0 Å². The fourth-order valence-corrected chi connectivity index (χ4v) is 4.94. The lowest BCUT2D eigenvalue weighted by molar-refractivity contribution is 0.404. The molecule has 2 unspecified atom stereocenters. The van der Waals surface area contributed by atoms with Crippen LogP contribution in [0.25, 0.3) is 0 Å². The predicted octanol–water partition coefficient (Wildman–Crippen LogP) is 1.58. The van der Waals surface area contributed by atoms with Crippen LogP contribution in [0.2, 0.25) is 0 Å². The summed E-state index contributed by atoms with van der Waals surface area (Å²) in [5, 5.41) is 3.33. The Balaban J connectivity index is 1.86. The van der Waals surface area contributed by atoms with Gasteiger partial charge in [0.05, 0.1) is 5.75 Å². The molecule has 5 heteroatoms. The van der Waals surface area contributed by atoms with Gasteiger partial charge < -0.3 is 5.32 Å². The van der Waals surface area contributed by atoms with E-state index >= 15 is 0 Å². The largest absolute Gasteiger partial charge is 0.313 e. The number of sulfonamides is 1. The molecule has 18 heavy (non-hydrogen) atoms. The SMILES string of the molecule is CCCC1CCN(S(=O)(=O)CC2CCCCN2)C1. The van der Waals surface area contributed by atoms with Crippen molar-refractivity contribution in [3.05, 3.63) is 0 Å². The molecule has 2 saturated heterocycles. The normalized spacial score (nSPS) is 30.7. The zero-order chi connectivity index (χ0) is 13.0. The molecular weight excluding hydrogens is 248 g/mol. The lowest BCUT2D eigenvalue weighted by atomic mass is 10.0. The summed E-state index contributed by atoms with van der Waals surface area (Å²) in [6.45, 7) is 4.63. The maximum Gasteiger partial charge on any atom is 0.215 e. The van der Waals surface area contributed by atoms with Crippen LogP contribution in [-0.2, 0) is 10.0 Å². The van der Waals surface area contributed by atoms with Crippen LogP contribution in [0.1, 0.15) is 45.4 Å². The first-order chi connectivity index (χ1) is 8.62. The highest BCUT2D eigenvalue weighted by molar-refractivity contribution is 7.89. The molecule has 0 radical (unpaired) electrons. The molecule has 0 amide bonds. The van der Waals surface area contributed by atoms with Crippen molar-refractivity contribution >= 4 is 10.0 Å². The maximum absolute atomic E-state index is 12.3. The van der Waals surface area contributed by atoms with Crippen molar-refractivity contribution in [1.82, 2.24) is 9.62 Å². The van der Waals surface area contributed by atoms with Gasteiger partial charge in [0.1, 0.15) is 0 Å². The highest BCUT2D eigenvalue weighted by Crippen LogP contribution is 2.24. The quantitative estimate of drug-likeness (QED) is 0.828. The molecule has 0 saturated carbocycles. The first kappa shape index (κ1) is 14.3. The fraction of sp³-hybridized carbons (Fsp3) is 1.00. The van der Waals surface area contributed by atoms with Gasteiger partial charge in [-0.3, -0.25) is 0 Å². The topological polar surface area (TPSA) is 49.4 Å². The Labute approximate surface area is 111 Å². The van der Waals surface area contributed by atoms with E-state index in [1.165, 1.54) is 6.42 Å². The summed E-state index contributed by atoms with van der Waals surface area (Å²) in [6, 6.07) is 0.175. The second-order valence-corrected chi connectivity index (χ2v) is 7.74. The number of piperidine rings is 1. The number of nitrogens with one attached hydrogen (secondary N) is 1. The molecule has 1 N–H and O–H groups in total. The molecule has 2 atom stereocenters. The van der Waals surface area contributed by atoms with E-state index in [0.29, 0.717) is 11.7 Å². The van der Waals surface area contributed by atoms with Gasteiger partial charge >= 0.3 is 0 Å². The van der Waals surface area contributed by atoms with Crippen molar-refractivity contribution in [3.8, 4) is 0 Å². The fourth-order valence-electron chi connectivity index (χ4n) is 3.12. The second kappa shape index (κ2) is 6.35. The molecular formula is C13H26N2O2S. The number of hydrogen-bond donors (Lipinski definition) is 1. The Kier molecular flexibility index (Phi) is 5.04. The predicted molar refractivity (Wildman–Crippen MR) is 74.0 cm³/mol. The molecule has 2 heterocycles. The van der Waals surface area contributed by atoms with Gasteiger partial charge in [0.25, 0.3) is 0 Å². The Morgan fingerprint density at radius 1 is 1.28 bits per heavy atom. The molecule has 2 fully saturated rings. The highest BCUT2D eigenvalue weighted by atomic mass is 32.2. The van der Waals surface area contributed by atoms with Crippen LogP contribution in [0, 0.1) is 5.92 Å².